The summed E-state index contributed by atoms with van der Waals surface area (Å²) in [5.74, 6) is 0.265. The highest BCUT2D eigenvalue weighted by Crippen LogP contribution is 2.25. The maximum atomic E-state index is 13.3. The number of hydrogen-bond acceptors (Lipinski definition) is 7. The molecule has 1 unspecified atom stereocenters. The van der Waals surface area contributed by atoms with E-state index in [1.165, 1.54) is 6.92 Å². The molecule has 0 aliphatic heterocycles. The lowest BCUT2D eigenvalue weighted by atomic mass is 10.0. The van der Waals surface area contributed by atoms with Crippen LogP contribution in [0.2, 0.25) is 0 Å². The molecule has 5 N–H and O–H groups in total. The van der Waals surface area contributed by atoms with E-state index >= 15 is 0 Å². The molecular weight excluding hydrogens is 450 g/mol. The quantitative estimate of drug-likeness (QED) is 0.283. The summed E-state index contributed by atoms with van der Waals surface area (Å²) in [6.07, 6.45) is 1.65. The molecule has 34 heavy (non-hydrogen) atoms. The number of thiol groups is 1. The Kier molecular flexibility index (Phi) is 8.89. The van der Waals surface area contributed by atoms with Crippen LogP contribution in [0.15, 0.2) is 65.7 Å². The molecule has 1 heterocycles. The Labute approximate surface area is 204 Å². The van der Waals surface area contributed by atoms with E-state index in [0.29, 0.717) is 35.2 Å². The average molecular weight is 480 g/mol. The van der Waals surface area contributed by atoms with E-state index in [9.17, 15) is 9.59 Å². The van der Waals surface area contributed by atoms with Crippen LogP contribution in [0, 0.1) is 0 Å². The number of nitrogens with two attached hydrogens (primary N) is 1. The molecule has 3 rings (SSSR count). The normalized spacial score (nSPS) is 11.4. The summed E-state index contributed by atoms with van der Waals surface area (Å²) in [7, 11) is 0. The number of ether oxygens (including phenoxy) is 1. The van der Waals surface area contributed by atoms with Crippen molar-refractivity contribution in [3.63, 3.8) is 0 Å². The van der Waals surface area contributed by atoms with Gasteiger partial charge in [0.25, 0.3) is 0 Å². The Morgan fingerprint density at radius 2 is 1.91 bits per heavy atom. The number of anilines is 2. The van der Waals surface area contributed by atoms with Crippen molar-refractivity contribution in [3.8, 4) is 5.75 Å². The highest BCUT2D eigenvalue weighted by Gasteiger charge is 2.21. The van der Waals surface area contributed by atoms with Crippen LogP contribution in [-0.2, 0) is 22.7 Å². The summed E-state index contributed by atoms with van der Waals surface area (Å²) in [6.45, 7) is 4.44. The van der Waals surface area contributed by atoms with Crippen molar-refractivity contribution < 1.29 is 14.3 Å². The Morgan fingerprint density at radius 3 is 2.59 bits per heavy atom. The number of hydrogen-bond donors (Lipinski definition) is 5. The maximum Gasteiger partial charge on any atom is 0.247 e. The third-order valence-corrected chi connectivity index (χ3v) is 5.40. The number of amides is 2. The minimum Gasteiger partial charge on any atom is -0.494 e. The second-order valence-corrected chi connectivity index (χ2v) is 8.05. The molecule has 0 fully saturated rings. The van der Waals surface area contributed by atoms with Gasteiger partial charge in [-0.1, -0.05) is 12.1 Å². The number of nitrogens with zero attached hydrogens (tertiary/aromatic N) is 1. The summed E-state index contributed by atoms with van der Waals surface area (Å²) in [4.78, 5) is 29.7. The molecule has 0 aliphatic carbocycles. The number of rotatable bonds is 10. The predicted molar refractivity (Wildman–Crippen MR) is 136 cm³/mol. The van der Waals surface area contributed by atoms with Crippen LogP contribution in [0.25, 0.3) is 0 Å². The van der Waals surface area contributed by atoms with E-state index < -0.39 is 6.04 Å². The number of nitrogens with one attached hydrogen (secondary N) is 3. The Bertz CT molecular complexity index is 1140. The number of pyridine rings is 1. The topological polar surface area (TPSA) is 118 Å². The highest BCUT2D eigenvalue weighted by molar-refractivity contribution is 7.80. The molecule has 178 valence electrons. The van der Waals surface area contributed by atoms with E-state index in [0.717, 1.165) is 16.8 Å². The second-order valence-electron chi connectivity index (χ2n) is 7.57. The molecule has 0 aliphatic rings. The fourth-order valence-corrected chi connectivity index (χ4v) is 3.56. The van der Waals surface area contributed by atoms with Gasteiger partial charge in [-0.25, -0.2) is 0 Å². The summed E-state index contributed by atoms with van der Waals surface area (Å²) in [5, 5.41) is 8.97. The first-order valence-electron chi connectivity index (χ1n) is 10.9. The lowest BCUT2D eigenvalue weighted by Crippen LogP contribution is -2.33. The fourth-order valence-electron chi connectivity index (χ4n) is 3.34. The largest absolute Gasteiger partial charge is 0.494 e. The van der Waals surface area contributed by atoms with Crippen LogP contribution < -0.4 is 26.4 Å². The van der Waals surface area contributed by atoms with Gasteiger partial charge in [0.1, 0.15) is 11.8 Å². The van der Waals surface area contributed by atoms with Crippen molar-refractivity contribution in [2.45, 2.75) is 37.9 Å². The Morgan fingerprint density at radius 1 is 1.12 bits per heavy atom. The zero-order valence-corrected chi connectivity index (χ0v) is 20.1. The predicted octanol–water partition coefficient (Wildman–Crippen LogP) is 3.66. The van der Waals surface area contributed by atoms with E-state index in [4.69, 9.17) is 10.5 Å². The number of benzene rings is 2. The number of carbonyl (C=O) groups excluding carboxylic acids is 2. The van der Waals surface area contributed by atoms with Gasteiger partial charge in [-0.2, -0.15) is 0 Å². The smallest absolute Gasteiger partial charge is 0.247 e. The van der Waals surface area contributed by atoms with E-state index in [2.05, 4.69) is 33.6 Å². The van der Waals surface area contributed by atoms with E-state index in [-0.39, 0.29) is 18.4 Å². The molecule has 0 saturated heterocycles. The van der Waals surface area contributed by atoms with Gasteiger partial charge in [-0.15, -0.1) is 12.6 Å². The van der Waals surface area contributed by atoms with Gasteiger partial charge in [0.2, 0.25) is 11.8 Å². The zero-order valence-electron chi connectivity index (χ0n) is 19.2. The second kappa shape index (κ2) is 12.1. The summed E-state index contributed by atoms with van der Waals surface area (Å²) < 4.78 is 5.62. The van der Waals surface area contributed by atoms with Crippen molar-refractivity contribution >= 4 is 35.8 Å². The molecule has 8 nitrogen and oxygen atoms in total. The van der Waals surface area contributed by atoms with Gasteiger partial charge in [-0.3, -0.25) is 14.6 Å². The summed E-state index contributed by atoms with van der Waals surface area (Å²) >= 11 is 4.48. The monoisotopic (exact) mass is 479 g/mol. The van der Waals surface area contributed by atoms with Crippen LogP contribution in [0.4, 0.5) is 11.4 Å². The molecule has 3 aromatic rings. The molecule has 0 spiro atoms. The molecule has 9 heteroatoms. The molecule has 0 radical (unpaired) electrons. The lowest BCUT2D eigenvalue weighted by Gasteiger charge is -2.21. The molecule has 1 aromatic heterocycles. The SMILES string of the molecule is CCOc1cccc(C(Nc2ccc(CN)nc2)C(=O)NCc2cc(NC(C)=O)ccc2S)c1. The fraction of sp³-hybridized carbons (Fsp3) is 0.240. The third-order valence-electron chi connectivity index (χ3n) is 4.96. The average Bonchev–Trinajstić information content (AvgIpc) is 2.83. The van der Waals surface area contributed by atoms with Crippen molar-refractivity contribution in [2.24, 2.45) is 5.73 Å². The first-order valence-corrected chi connectivity index (χ1v) is 11.4. The number of aromatic nitrogens is 1. The standard InChI is InChI=1S/C25H29N5O3S/c1-3-33-22-6-4-5-17(12-22)24(30-21-8-7-20(13-26)27-15-21)25(32)28-14-18-11-19(29-16(2)31)9-10-23(18)34/h4-12,15,24,30,34H,3,13-14,26H2,1-2H3,(H,28,32)(H,29,31). The zero-order chi connectivity index (χ0) is 24.5. The molecular formula is C25H29N5O3S. The maximum absolute atomic E-state index is 13.3. The van der Waals surface area contributed by atoms with Gasteiger partial charge in [-0.05, 0) is 60.5 Å². The van der Waals surface area contributed by atoms with Gasteiger partial charge in [0, 0.05) is 30.6 Å². The van der Waals surface area contributed by atoms with E-state index in [1.54, 1.807) is 24.4 Å². The Hall–Kier alpha value is -3.56. The minimum atomic E-state index is -0.701. The van der Waals surface area contributed by atoms with Crippen LogP contribution in [0.3, 0.4) is 0 Å². The van der Waals surface area contributed by atoms with E-state index in [1.807, 2.05) is 43.3 Å². The Balaban J connectivity index is 1.82. The van der Waals surface area contributed by atoms with Gasteiger partial charge in [0.15, 0.2) is 0 Å². The van der Waals surface area contributed by atoms with Gasteiger partial charge < -0.3 is 26.4 Å². The van der Waals surface area contributed by atoms with Crippen LogP contribution >= 0.6 is 12.6 Å². The highest BCUT2D eigenvalue weighted by atomic mass is 32.1. The third kappa shape index (κ3) is 6.97. The van der Waals surface area contributed by atoms with Gasteiger partial charge in [0.05, 0.1) is 24.2 Å². The summed E-state index contributed by atoms with van der Waals surface area (Å²) in [6, 6.07) is 15.7. The van der Waals surface area contributed by atoms with Gasteiger partial charge >= 0.3 is 0 Å². The summed E-state index contributed by atoms with van der Waals surface area (Å²) in [5.41, 5.74) is 9.23. The first kappa shape index (κ1) is 25.1. The molecule has 2 amide bonds. The molecule has 0 bridgehead atoms. The van der Waals surface area contributed by atoms with Crippen LogP contribution in [-0.4, -0.2) is 23.4 Å². The van der Waals surface area contributed by atoms with Crippen LogP contribution in [0.1, 0.15) is 36.7 Å². The molecule has 0 saturated carbocycles. The van der Waals surface area contributed by atoms with Crippen molar-refractivity contribution in [3.05, 3.63) is 77.6 Å². The minimum absolute atomic E-state index is 0.172. The number of carbonyl (C=O) groups is 2. The molecule has 1 atom stereocenters. The lowest BCUT2D eigenvalue weighted by molar-refractivity contribution is -0.122. The molecule has 2 aromatic carbocycles. The first-order chi connectivity index (χ1) is 16.4. The van der Waals surface area contributed by atoms with Crippen molar-refractivity contribution in [2.75, 3.05) is 17.2 Å². The van der Waals surface area contributed by atoms with Crippen LogP contribution in [0.5, 0.6) is 5.75 Å². The van der Waals surface area contributed by atoms with Crippen molar-refractivity contribution in [1.29, 1.82) is 0 Å². The van der Waals surface area contributed by atoms with Crippen molar-refractivity contribution in [1.82, 2.24) is 10.3 Å².